The Morgan fingerprint density at radius 1 is 1.05 bits per heavy atom. The van der Waals surface area contributed by atoms with Gasteiger partial charge in [-0.2, -0.15) is 0 Å². The number of aliphatic carboxylic acids is 1. The summed E-state index contributed by atoms with van der Waals surface area (Å²) in [4.78, 5) is 33.1. The number of carboxylic acids is 1. The quantitative estimate of drug-likeness (QED) is 0.594. The minimum absolute atomic E-state index is 0.0564. The summed E-state index contributed by atoms with van der Waals surface area (Å²) in [6, 6.07) is -0.453. The Kier molecular flexibility index (Phi) is 7.69. The smallest absolute Gasteiger partial charge is 0.321 e. The lowest BCUT2D eigenvalue weighted by molar-refractivity contribution is -0.137. The van der Waals surface area contributed by atoms with Crippen molar-refractivity contribution in [2.24, 2.45) is 5.92 Å². The van der Waals surface area contributed by atoms with Crippen LogP contribution in [0.15, 0.2) is 0 Å². The molecule has 1 aliphatic carbocycles. The molecule has 3 amide bonds. The molecule has 6 nitrogen and oxygen atoms in total. The fourth-order valence-electron chi connectivity index (χ4n) is 2.48. The molecule has 1 fully saturated rings. The number of hydrogen-bond donors (Lipinski definition) is 3. The van der Waals surface area contributed by atoms with Crippen LogP contribution in [-0.2, 0) is 9.59 Å². The minimum Gasteiger partial charge on any atom is -0.481 e. The van der Waals surface area contributed by atoms with E-state index >= 15 is 0 Å². The van der Waals surface area contributed by atoms with Gasteiger partial charge in [-0.15, -0.1) is 0 Å². The molecule has 6 heteroatoms. The molecular weight excluding hydrogens is 260 g/mol. The van der Waals surface area contributed by atoms with Crippen molar-refractivity contribution < 1.29 is 19.5 Å². The van der Waals surface area contributed by atoms with Crippen molar-refractivity contribution in [1.82, 2.24) is 10.6 Å². The first kappa shape index (κ1) is 16.5. The molecule has 0 aromatic carbocycles. The van der Waals surface area contributed by atoms with E-state index in [9.17, 15) is 14.4 Å². The Bertz CT molecular complexity index is 338. The highest BCUT2D eigenvalue weighted by molar-refractivity contribution is 5.94. The number of unbranched alkanes of at least 4 members (excludes halogenated alkanes) is 1. The van der Waals surface area contributed by atoms with Gasteiger partial charge in [0, 0.05) is 19.4 Å². The Morgan fingerprint density at radius 2 is 1.70 bits per heavy atom. The third kappa shape index (κ3) is 7.76. The van der Waals surface area contributed by atoms with Crippen molar-refractivity contribution in [2.45, 2.75) is 57.8 Å². The summed E-state index contributed by atoms with van der Waals surface area (Å²) in [5.74, 6) is -0.508. The Hall–Kier alpha value is -1.59. The fourth-order valence-corrected chi connectivity index (χ4v) is 2.48. The van der Waals surface area contributed by atoms with Crippen LogP contribution in [0, 0.1) is 5.92 Å². The van der Waals surface area contributed by atoms with Gasteiger partial charge in [-0.25, -0.2) is 4.79 Å². The predicted octanol–water partition coefficient (Wildman–Crippen LogP) is 2.04. The first-order valence-electron chi connectivity index (χ1n) is 7.37. The van der Waals surface area contributed by atoms with Crippen molar-refractivity contribution in [3.05, 3.63) is 0 Å². The maximum atomic E-state index is 11.4. The van der Waals surface area contributed by atoms with E-state index in [2.05, 4.69) is 10.6 Å². The molecule has 0 saturated heterocycles. The van der Waals surface area contributed by atoms with Crippen LogP contribution >= 0.6 is 0 Å². The lowest BCUT2D eigenvalue weighted by atomic mass is 10.0. The standard InChI is InChI=1S/C14H24N2O4/c17-12(7-3-4-8-13(18)19)16-14(20)15-10-9-11-5-1-2-6-11/h11H,1-10H2,(H,18,19)(H2,15,16,17,20). The average Bonchev–Trinajstić information content (AvgIpc) is 2.87. The Balaban J connectivity index is 1.99. The van der Waals surface area contributed by atoms with Gasteiger partial charge in [0.25, 0.3) is 0 Å². The molecule has 1 saturated carbocycles. The van der Waals surface area contributed by atoms with Gasteiger partial charge in [0.05, 0.1) is 0 Å². The summed E-state index contributed by atoms with van der Waals surface area (Å²) in [5, 5.41) is 13.4. The van der Waals surface area contributed by atoms with Gasteiger partial charge < -0.3 is 10.4 Å². The summed E-state index contributed by atoms with van der Waals surface area (Å²) in [7, 11) is 0. The van der Waals surface area contributed by atoms with Gasteiger partial charge in [0.15, 0.2) is 0 Å². The molecule has 1 rings (SSSR count). The summed E-state index contributed by atoms with van der Waals surface area (Å²) in [5.41, 5.74) is 0. The molecule has 0 unspecified atom stereocenters. The number of amides is 3. The van der Waals surface area contributed by atoms with E-state index < -0.39 is 12.0 Å². The first-order chi connectivity index (χ1) is 9.58. The van der Waals surface area contributed by atoms with E-state index in [4.69, 9.17) is 5.11 Å². The molecule has 0 spiro atoms. The molecule has 1 aliphatic rings. The lowest BCUT2D eigenvalue weighted by Crippen LogP contribution is -2.40. The highest BCUT2D eigenvalue weighted by atomic mass is 16.4. The maximum Gasteiger partial charge on any atom is 0.321 e. The van der Waals surface area contributed by atoms with E-state index in [0.29, 0.717) is 25.3 Å². The fraction of sp³-hybridized carbons (Fsp3) is 0.786. The lowest BCUT2D eigenvalue weighted by Gasteiger charge is -2.10. The zero-order valence-electron chi connectivity index (χ0n) is 11.8. The van der Waals surface area contributed by atoms with Crippen LogP contribution in [0.25, 0.3) is 0 Å². The van der Waals surface area contributed by atoms with Crippen LogP contribution in [0.1, 0.15) is 57.8 Å². The van der Waals surface area contributed by atoms with E-state index in [1.807, 2.05) is 0 Å². The Morgan fingerprint density at radius 3 is 2.35 bits per heavy atom. The maximum absolute atomic E-state index is 11.4. The van der Waals surface area contributed by atoms with E-state index in [-0.39, 0.29) is 18.7 Å². The third-order valence-corrected chi connectivity index (χ3v) is 3.61. The van der Waals surface area contributed by atoms with Crippen molar-refractivity contribution in [3.63, 3.8) is 0 Å². The van der Waals surface area contributed by atoms with Crippen molar-refractivity contribution >= 4 is 17.9 Å². The summed E-state index contributed by atoms with van der Waals surface area (Å²) in [6.07, 6.45) is 7.19. The SMILES string of the molecule is O=C(O)CCCCC(=O)NC(=O)NCCC1CCCC1. The number of nitrogens with one attached hydrogen (secondary N) is 2. The number of urea groups is 1. The normalized spacial score (nSPS) is 15.0. The van der Waals surface area contributed by atoms with Gasteiger partial charge in [-0.3, -0.25) is 14.9 Å². The van der Waals surface area contributed by atoms with E-state index in [0.717, 1.165) is 6.42 Å². The van der Waals surface area contributed by atoms with Crippen LogP contribution in [0.4, 0.5) is 4.79 Å². The number of carbonyl (C=O) groups excluding carboxylic acids is 2. The second kappa shape index (κ2) is 9.34. The van der Waals surface area contributed by atoms with Gasteiger partial charge in [-0.1, -0.05) is 25.7 Å². The van der Waals surface area contributed by atoms with Crippen LogP contribution in [-0.4, -0.2) is 29.6 Å². The molecule has 0 radical (unpaired) electrons. The molecule has 3 N–H and O–H groups in total. The summed E-state index contributed by atoms with van der Waals surface area (Å²) < 4.78 is 0. The molecule has 0 bridgehead atoms. The molecule has 0 aromatic heterocycles. The highest BCUT2D eigenvalue weighted by Crippen LogP contribution is 2.26. The first-order valence-corrected chi connectivity index (χ1v) is 7.37. The second-order valence-electron chi connectivity index (χ2n) is 5.34. The molecule has 0 aliphatic heterocycles. The minimum atomic E-state index is -0.866. The summed E-state index contributed by atoms with van der Waals surface area (Å²) >= 11 is 0. The zero-order valence-corrected chi connectivity index (χ0v) is 11.8. The summed E-state index contributed by atoms with van der Waals surface area (Å²) in [6.45, 7) is 0.600. The van der Waals surface area contributed by atoms with Gasteiger partial charge in [0.2, 0.25) is 5.91 Å². The molecule has 0 aromatic rings. The van der Waals surface area contributed by atoms with Gasteiger partial charge in [-0.05, 0) is 25.2 Å². The van der Waals surface area contributed by atoms with Gasteiger partial charge in [0.1, 0.15) is 0 Å². The van der Waals surface area contributed by atoms with Crippen LogP contribution in [0.2, 0.25) is 0 Å². The molecule has 0 heterocycles. The number of rotatable bonds is 8. The Labute approximate surface area is 119 Å². The van der Waals surface area contributed by atoms with E-state index in [1.165, 1.54) is 25.7 Å². The second-order valence-corrected chi connectivity index (χ2v) is 5.34. The average molecular weight is 284 g/mol. The van der Waals surface area contributed by atoms with Crippen LogP contribution in [0.5, 0.6) is 0 Å². The largest absolute Gasteiger partial charge is 0.481 e. The van der Waals surface area contributed by atoms with Crippen LogP contribution < -0.4 is 10.6 Å². The van der Waals surface area contributed by atoms with Crippen molar-refractivity contribution in [2.75, 3.05) is 6.54 Å². The van der Waals surface area contributed by atoms with Crippen molar-refractivity contribution in [3.8, 4) is 0 Å². The number of imide groups is 1. The topological polar surface area (TPSA) is 95.5 Å². The molecular formula is C14H24N2O4. The van der Waals surface area contributed by atoms with E-state index in [1.54, 1.807) is 0 Å². The third-order valence-electron chi connectivity index (χ3n) is 3.61. The number of hydrogen-bond acceptors (Lipinski definition) is 3. The van der Waals surface area contributed by atoms with Crippen molar-refractivity contribution in [1.29, 1.82) is 0 Å². The molecule has 114 valence electrons. The number of carboxylic acid groups (broad SMARTS) is 1. The molecule has 20 heavy (non-hydrogen) atoms. The number of carbonyl (C=O) groups is 3. The molecule has 0 atom stereocenters. The monoisotopic (exact) mass is 284 g/mol. The highest BCUT2D eigenvalue weighted by Gasteiger charge is 2.15. The predicted molar refractivity (Wildman–Crippen MR) is 74.2 cm³/mol. The van der Waals surface area contributed by atoms with Crippen LogP contribution in [0.3, 0.4) is 0 Å². The zero-order chi connectivity index (χ0) is 14.8. The van der Waals surface area contributed by atoms with Gasteiger partial charge >= 0.3 is 12.0 Å².